The minimum atomic E-state index is -0.195. The SMILES string of the molecule is COCc1nc(C)cc(Nc2ccc(CC(C)C(=O)OC)cc2)n1. The third-order valence-electron chi connectivity index (χ3n) is 3.55. The third-order valence-corrected chi connectivity index (χ3v) is 3.55. The summed E-state index contributed by atoms with van der Waals surface area (Å²) in [6, 6.07) is 9.80. The molecule has 0 aliphatic rings. The molecule has 1 aromatic heterocycles. The highest BCUT2D eigenvalue weighted by molar-refractivity contribution is 5.72. The Hall–Kier alpha value is -2.47. The van der Waals surface area contributed by atoms with Gasteiger partial charge in [-0.05, 0) is 31.0 Å². The van der Waals surface area contributed by atoms with E-state index in [1.165, 1.54) is 7.11 Å². The zero-order valence-corrected chi connectivity index (χ0v) is 14.5. The largest absolute Gasteiger partial charge is 0.469 e. The Labute approximate surface area is 142 Å². The number of aromatic nitrogens is 2. The zero-order chi connectivity index (χ0) is 17.5. The quantitative estimate of drug-likeness (QED) is 0.787. The van der Waals surface area contributed by atoms with E-state index in [4.69, 9.17) is 9.47 Å². The van der Waals surface area contributed by atoms with Crippen molar-refractivity contribution in [3.63, 3.8) is 0 Å². The van der Waals surface area contributed by atoms with Gasteiger partial charge in [0.25, 0.3) is 0 Å². The fraction of sp³-hybridized carbons (Fsp3) is 0.389. The predicted octanol–water partition coefficient (Wildman–Crippen LogP) is 3.03. The van der Waals surface area contributed by atoms with Crippen LogP contribution in [0.2, 0.25) is 0 Å². The molecule has 0 fully saturated rings. The van der Waals surface area contributed by atoms with Crippen LogP contribution in [0.4, 0.5) is 11.5 Å². The third kappa shape index (κ3) is 5.03. The van der Waals surface area contributed by atoms with Crippen LogP contribution < -0.4 is 5.32 Å². The molecular weight excluding hydrogens is 306 g/mol. The minimum Gasteiger partial charge on any atom is -0.469 e. The Bertz CT molecular complexity index is 686. The van der Waals surface area contributed by atoms with Gasteiger partial charge in [-0.1, -0.05) is 19.1 Å². The lowest BCUT2D eigenvalue weighted by molar-refractivity contribution is -0.144. The fourth-order valence-corrected chi connectivity index (χ4v) is 2.40. The van der Waals surface area contributed by atoms with Crippen LogP contribution >= 0.6 is 0 Å². The Kier molecular flexibility index (Phi) is 6.26. The molecule has 0 aliphatic carbocycles. The van der Waals surface area contributed by atoms with E-state index < -0.39 is 0 Å². The number of hydrogen-bond acceptors (Lipinski definition) is 6. The lowest BCUT2D eigenvalue weighted by atomic mass is 10.0. The summed E-state index contributed by atoms with van der Waals surface area (Å²) in [5.74, 6) is 1.02. The van der Waals surface area contributed by atoms with Gasteiger partial charge in [0.2, 0.25) is 0 Å². The van der Waals surface area contributed by atoms with Gasteiger partial charge in [-0.25, -0.2) is 9.97 Å². The topological polar surface area (TPSA) is 73.3 Å². The maximum atomic E-state index is 11.5. The van der Waals surface area contributed by atoms with Crippen molar-refractivity contribution in [3.05, 3.63) is 47.4 Å². The number of aryl methyl sites for hydroxylation is 1. The van der Waals surface area contributed by atoms with Gasteiger partial charge >= 0.3 is 5.97 Å². The van der Waals surface area contributed by atoms with Gasteiger partial charge < -0.3 is 14.8 Å². The molecule has 0 saturated heterocycles. The van der Waals surface area contributed by atoms with Gasteiger partial charge in [0, 0.05) is 24.6 Å². The summed E-state index contributed by atoms with van der Waals surface area (Å²) >= 11 is 0. The molecular formula is C18H23N3O3. The van der Waals surface area contributed by atoms with Crippen LogP contribution in [0.3, 0.4) is 0 Å². The predicted molar refractivity (Wildman–Crippen MR) is 92.1 cm³/mol. The van der Waals surface area contributed by atoms with E-state index >= 15 is 0 Å². The first-order chi connectivity index (χ1) is 11.5. The number of hydrogen-bond donors (Lipinski definition) is 1. The second-order valence-corrected chi connectivity index (χ2v) is 5.69. The summed E-state index contributed by atoms with van der Waals surface area (Å²) in [4.78, 5) is 20.2. The molecule has 0 spiro atoms. The van der Waals surface area contributed by atoms with Crippen molar-refractivity contribution in [2.75, 3.05) is 19.5 Å². The summed E-state index contributed by atoms with van der Waals surface area (Å²) in [7, 11) is 3.03. The molecule has 2 rings (SSSR count). The summed E-state index contributed by atoms with van der Waals surface area (Å²) < 4.78 is 9.83. The van der Waals surface area contributed by atoms with Crippen molar-refractivity contribution < 1.29 is 14.3 Å². The second kappa shape index (κ2) is 8.40. The maximum Gasteiger partial charge on any atom is 0.308 e. The number of benzene rings is 1. The van der Waals surface area contributed by atoms with E-state index in [-0.39, 0.29) is 11.9 Å². The molecule has 2 aromatic rings. The summed E-state index contributed by atoms with van der Waals surface area (Å²) in [5, 5.41) is 3.26. The molecule has 128 valence electrons. The molecule has 24 heavy (non-hydrogen) atoms. The van der Waals surface area contributed by atoms with Crippen LogP contribution in [0.5, 0.6) is 0 Å². The normalized spacial score (nSPS) is 11.8. The van der Waals surface area contributed by atoms with Gasteiger partial charge in [-0.15, -0.1) is 0 Å². The highest BCUT2D eigenvalue weighted by Crippen LogP contribution is 2.18. The number of nitrogens with zero attached hydrogens (tertiary/aromatic N) is 2. The Balaban J connectivity index is 2.05. The number of nitrogens with one attached hydrogen (secondary N) is 1. The highest BCUT2D eigenvalue weighted by Gasteiger charge is 2.13. The first kappa shape index (κ1) is 17.9. The second-order valence-electron chi connectivity index (χ2n) is 5.69. The summed E-state index contributed by atoms with van der Waals surface area (Å²) in [6.45, 7) is 4.16. The summed E-state index contributed by atoms with van der Waals surface area (Å²) in [5.41, 5.74) is 2.88. The molecule has 1 N–H and O–H groups in total. The van der Waals surface area contributed by atoms with E-state index in [2.05, 4.69) is 15.3 Å². The average molecular weight is 329 g/mol. The molecule has 1 aromatic carbocycles. The molecule has 6 heteroatoms. The molecule has 0 saturated carbocycles. The molecule has 0 bridgehead atoms. The molecule has 6 nitrogen and oxygen atoms in total. The number of anilines is 2. The van der Waals surface area contributed by atoms with Crippen molar-refractivity contribution >= 4 is 17.5 Å². The zero-order valence-electron chi connectivity index (χ0n) is 14.5. The molecule has 0 aliphatic heterocycles. The van der Waals surface area contributed by atoms with Crippen LogP contribution in [-0.4, -0.2) is 30.2 Å². The summed E-state index contributed by atoms with van der Waals surface area (Å²) in [6.07, 6.45) is 0.650. The van der Waals surface area contributed by atoms with Crippen LogP contribution in [-0.2, 0) is 27.3 Å². The number of carbonyl (C=O) groups is 1. The fourth-order valence-electron chi connectivity index (χ4n) is 2.40. The molecule has 1 heterocycles. The molecule has 1 unspecified atom stereocenters. The van der Waals surface area contributed by atoms with Crippen LogP contribution in [0.1, 0.15) is 24.0 Å². The highest BCUT2D eigenvalue weighted by atomic mass is 16.5. The number of esters is 1. The number of rotatable bonds is 7. The first-order valence-corrected chi connectivity index (χ1v) is 7.79. The van der Waals surface area contributed by atoms with Gasteiger partial charge in [0.15, 0.2) is 5.82 Å². The number of methoxy groups -OCH3 is 2. The Morgan fingerprint density at radius 2 is 1.92 bits per heavy atom. The van der Waals surface area contributed by atoms with Crippen LogP contribution in [0.25, 0.3) is 0 Å². The van der Waals surface area contributed by atoms with Crippen LogP contribution in [0.15, 0.2) is 30.3 Å². The van der Waals surface area contributed by atoms with E-state index in [0.717, 1.165) is 22.8 Å². The first-order valence-electron chi connectivity index (χ1n) is 7.79. The van der Waals surface area contributed by atoms with Crippen molar-refractivity contribution in [1.29, 1.82) is 0 Å². The van der Waals surface area contributed by atoms with Crippen LogP contribution in [0, 0.1) is 12.8 Å². The van der Waals surface area contributed by atoms with E-state index in [1.807, 2.05) is 44.2 Å². The lowest BCUT2D eigenvalue weighted by Gasteiger charge is -2.11. The Morgan fingerprint density at radius 3 is 2.54 bits per heavy atom. The Morgan fingerprint density at radius 1 is 1.21 bits per heavy atom. The molecule has 0 amide bonds. The van der Waals surface area contributed by atoms with E-state index in [1.54, 1.807) is 7.11 Å². The molecule has 0 radical (unpaired) electrons. The lowest BCUT2D eigenvalue weighted by Crippen LogP contribution is -2.15. The average Bonchev–Trinajstić information content (AvgIpc) is 2.55. The van der Waals surface area contributed by atoms with E-state index in [9.17, 15) is 4.79 Å². The number of carbonyl (C=O) groups excluding carboxylic acids is 1. The van der Waals surface area contributed by atoms with Crippen molar-refractivity contribution in [3.8, 4) is 0 Å². The molecule has 1 atom stereocenters. The van der Waals surface area contributed by atoms with Gasteiger partial charge in [-0.3, -0.25) is 4.79 Å². The maximum absolute atomic E-state index is 11.5. The monoisotopic (exact) mass is 329 g/mol. The minimum absolute atomic E-state index is 0.157. The van der Waals surface area contributed by atoms with Gasteiger partial charge in [-0.2, -0.15) is 0 Å². The number of ether oxygens (including phenoxy) is 2. The van der Waals surface area contributed by atoms with Gasteiger partial charge in [0.1, 0.15) is 12.4 Å². The standard InChI is InChI=1S/C18H23N3O3/c1-12(18(22)24-4)9-14-5-7-15(8-6-14)20-16-10-13(2)19-17(21-16)11-23-3/h5-8,10,12H,9,11H2,1-4H3,(H,19,20,21). The van der Waals surface area contributed by atoms with E-state index in [0.29, 0.717) is 18.9 Å². The van der Waals surface area contributed by atoms with Crippen molar-refractivity contribution in [2.45, 2.75) is 26.9 Å². The van der Waals surface area contributed by atoms with Gasteiger partial charge in [0.05, 0.1) is 13.0 Å². The van der Waals surface area contributed by atoms with Crippen molar-refractivity contribution in [2.24, 2.45) is 5.92 Å². The van der Waals surface area contributed by atoms with Crippen molar-refractivity contribution in [1.82, 2.24) is 9.97 Å². The smallest absolute Gasteiger partial charge is 0.308 e.